The van der Waals surface area contributed by atoms with Crippen LogP contribution in [0.5, 0.6) is 0 Å². The molecule has 2 saturated heterocycles. The predicted octanol–water partition coefficient (Wildman–Crippen LogP) is 0.997. The third kappa shape index (κ3) is 6.53. The molecule has 2 aromatic carbocycles. The van der Waals surface area contributed by atoms with Gasteiger partial charge in [0.15, 0.2) is 0 Å². The normalized spacial score (nSPS) is 25.1. The van der Waals surface area contributed by atoms with Crippen LogP contribution in [0.3, 0.4) is 0 Å². The number of nitrogens with one attached hydrogen (secondary N) is 1. The van der Waals surface area contributed by atoms with Crippen LogP contribution >= 0.6 is 0 Å². The summed E-state index contributed by atoms with van der Waals surface area (Å²) in [5.74, 6) is 1.64. The molecule has 1 aromatic heterocycles. The number of anilines is 3. The average molecular weight is 503 g/mol. The van der Waals surface area contributed by atoms with Gasteiger partial charge >= 0.3 is 0 Å². The first-order chi connectivity index (χ1) is 17.9. The SMILES string of the molecule is NC1CC(N)CN(c2nc(NC(Cc3ccccc3)c3ccccc3)nc(N3CC(N)CC(N)C3)n2)C1. The van der Waals surface area contributed by atoms with E-state index in [1.54, 1.807) is 0 Å². The summed E-state index contributed by atoms with van der Waals surface area (Å²) < 4.78 is 0. The zero-order valence-corrected chi connectivity index (χ0v) is 21.2. The van der Waals surface area contributed by atoms with Crippen molar-refractivity contribution in [3.05, 3.63) is 71.8 Å². The Morgan fingerprint density at radius 2 is 1.14 bits per heavy atom. The smallest absolute Gasteiger partial charge is 0.232 e. The summed E-state index contributed by atoms with van der Waals surface area (Å²) in [5.41, 5.74) is 27.6. The van der Waals surface area contributed by atoms with Crippen molar-refractivity contribution < 1.29 is 0 Å². The molecule has 9 N–H and O–H groups in total. The highest BCUT2D eigenvalue weighted by molar-refractivity contribution is 5.48. The maximum Gasteiger partial charge on any atom is 0.232 e. The summed E-state index contributed by atoms with van der Waals surface area (Å²) in [4.78, 5) is 18.7. The molecule has 0 bridgehead atoms. The molecule has 2 fully saturated rings. The van der Waals surface area contributed by atoms with Crippen LogP contribution in [-0.2, 0) is 6.42 Å². The molecule has 0 amide bonds. The first-order valence-electron chi connectivity index (χ1n) is 13.1. The first kappa shape index (κ1) is 25.3. The molecular weight excluding hydrogens is 464 g/mol. The van der Waals surface area contributed by atoms with Gasteiger partial charge in [0, 0.05) is 50.3 Å². The molecule has 3 aromatic rings. The Kier molecular flexibility index (Phi) is 7.80. The molecule has 2 aliphatic heterocycles. The van der Waals surface area contributed by atoms with Crippen LogP contribution in [0.15, 0.2) is 60.7 Å². The fourth-order valence-corrected chi connectivity index (χ4v) is 5.33. The number of nitrogens with two attached hydrogens (primary N) is 4. The Bertz CT molecular complexity index is 1080. The summed E-state index contributed by atoms with van der Waals surface area (Å²) >= 11 is 0. The van der Waals surface area contributed by atoms with Crippen molar-refractivity contribution in [2.45, 2.75) is 49.5 Å². The maximum atomic E-state index is 6.30. The van der Waals surface area contributed by atoms with E-state index in [1.807, 2.05) is 24.3 Å². The van der Waals surface area contributed by atoms with E-state index in [0.717, 1.165) is 24.8 Å². The van der Waals surface area contributed by atoms with Gasteiger partial charge in [0.2, 0.25) is 17.8 Å². The van der Waals surface area contributed by atoms with Crippen LogP contribution in [-0.4, -0.2) is 65.3 Å². The van der Waals surface area contributed by atoms with Crippen molar-refractivity contribution in [3.63, 3.8) is 0 Å². The molecule has 0 spiro atoms. The number of hydrogen-bond donors (Lipinski definition) is 5. The van der Waals surface area contributed by atoms with Gasteiger partial charge in [-0.15, -0.1) is 0 Å². The van der Waals surface area contributed by atoms with Gasteiger partial charge in [-0.3, -0.25) is 0 Å². The second-order valence-electron chi connectivity index (χ2n) is 10.4. The molecule has 0 saturated carbocycles. The van der Waals surface area contributed by atoms with E-state index in [1.165, 1.54) is 5.56 Å². The largest absolute Gasteiger partial charge is 0.347 e. The van der Waals surface area contributed by atoms with Gasteiger partial charge in [0.05, 0.1) is 6.04 Å². The van der Waals surface area contributed by atoms with Gasteiger partial charge in [-0.25, -0.2) is 0 Å². The molecule has 0 radical (unpaired) electrons. The van der Waals surface area contributed by atoms with E-state index in [-0.39, 0.29) is 30.2 Å². The molecular formula is C27H38N10. The van der Waals surface area contributed by atoms with Crippen molar-refractivity contribution in [1.29, 1.82) is 0 Å². The summed E-state index contributed by atoms with van der Waals surface area (Å²) in [5, 5.41) is 3.61. The Morgan fingerprint density at radius 3 is 1.62 bits per heavy atom. The molecule has 37 heavy (non-hydrogen) atoms. The van der Waals surface area contributed by atoms with E-state index >= 15 is 0 Å². The molecule has 0 aliphatic carbocycles. The highest BCUT2D eigenvalue weighted by Crippen LogP contribution is 2.26. The van der Waals surface area contributed by atoms with Crippen molar-refractivity contribution >= 4 is 17.8 Å². The molecule has 10 heteroatoms. The van der Waals surface area contributed by atoms with Gasteiger partial charge in [0.25, 0.3) is 0 Å². The van der Waals surface area contributed by atoms with Crippen molar-refractivity contribution in [3.8, 4) is 0 Å². The van der Waals surface area contributed by atoms with E-state index in [2.05, 4.69) is 51.5 Å². The molecule has 196 valence electrons. The Morgan fingerprint density at radius 1 is 0.676 bits per heavy atom. The second kappa shape index (κ2) is 11.4. The Labute approximate surface area is 218 Å². The lowest BCUT2D eigenvalue weighted by molar-refractivity contribution is 0.441. The van der Waals surface area contributed by atoms with Crippen LogP contribution in [0.2, 0.25) is 0 Å². The van der Waals surface area contributed by atoms with Gasteiger partial charge in [-0.1, -0.05) is 60.7 Å². The minimum absolute atomic E-state index is 0.0349. The highest BCUT2D eigenvalue weighted by Gasteiger charge is 2.29. The van der Waals surface area contributed by atoms with Gasteiger partial charge in [-0.05, 0) is 30.4 Å². The lowest BCUT2D eigenvalue weighted by atomic mass is 9.99. The lowest BCUT2D eigenvalue weighted by Crippen LogP contribution is -2.54. The molecule has 5 unspecified atom stereocenters. The first-order valence-corrected chi connectivity index (χ1v) is 13.1. The zero-order valence-electron chi connectivity index (χ0n) is 21.2. The molecule has 2 aliphatic rings. The topological polar surface area (TPSA) is 161 Å². The minimum atomic E-state index is -0.0385. The van der Waals surface area contributed by atoms with Crippen LogP contribution in [0, 0.1) is 0 Å². The van der Waals surface area contributed by atoms with Crippen LogP contribution in [0.4, 0.5) is 17.8 Å². The molecule has 5 rings (SSSR count). The monoisotopic (exact) mass is 502 g/mol. The standard InChI is InChI=1S/C27H38N10/c28-20-12-21(29)15-36(14-20)26-33-25(34-27(35-26)37-16-22(30)13-23(31)17-37)32-24(19-9-5-2-6-10-19)11-18-7-3-1-4-8-18/h1-10,20-24H,11-17,28-31H2,(H,32,33,34,35). The number of aromatic nitrogens is 3. The van der Waals surface area contributed by atoms with Crippen LogP contribution in [0.1, 0.15) is 30.0 Å². The third-order valence-electron chi connectivity index (χ3n) is 7.00. The number of benzene rings is 2. The minimum Gasteiger partial charge on any atom is -0.347 e. The van der Waals surface area contributed by atoms with Gasteiger partial charge in [-0.2, -0.15) is 15.0 Å². The quantitative estimate of drug-likeness (QED) is 0.315. The van der Waals surface area contributed by atoms with E-state index in [9.17, 15) is 0 Å². The predicted molar refractivity (Wildman–Crippen MR) is 148 cm³/mol. The molecule has 3 heterocycles. The van der Waals surface area contributed by atoms with Crippen molar-refractivity contribution in [2.24, 2.45) is 22.9 Å². The lowest BCUT2D eigenvalue weighted by Gasteiger charge is -2.37. The Balaban J connectivity index is 1.50. The maximum absolute atomic E-state index is 6.30. The van der Waals surface area contributed by atoms with E-state index in [0.29, 0.717) is 44.0 Å². The van der Waals surface area contributed by atoms with Gasteiger partial charge < -0.3 is 38.1 Å². The fourth-order valence-electron chi connectivity index (χ4n) is 5.33. The highest BCUT2D eigenvalue weighted by atomic mass is 15.4. The van der Waals surface area contributed by atoms with Crippen LogP contribution in [0.25, 0.3) is 0 Å². The fraction of sp³-hybridized carbons (Fsp3) is 0.444. The number of piperidine rings is 2. The average Bonchev–Trinajstić information content (AvgIpc) is 2.88. The summed E-state index contributed by atoms with van der Waals surface area (Å²) in [6, 6.07) is 20.6. The number of nitrogens with zero attached hydrogens (tertiary/aromatic N) is 5. The third-order valence-corrected chi connectivity index (χ3v) is 7.00. The van der Waals surface area contributed by atoms with E-state index in [4.69, 9.17) is 37.9 Å². The van der Waals surface area contributed by atoms with Crippen molar-refractivity contribution in [2.75, 3.05) is 41.3 Å². The van der Waals surface area contributed by atoms with E-state index < -0.39 is 0 Å². The Hall–Kier alpha value is -3.31. The number of hydrogen-bond acceptors (Lipinski definition) is 10. The van der Waals surface area contributed by atoms with Crippen molar-refractivity contribution in [1.82, 2.24) is 15.0 Å². The zero-order chi connectivity index (χ0) is 25.8. The summed E-state index contributed by atoms with van der Waals surface area (Å²) in [6.45, 7) is 2.56. The molecule has 5 atom stereocenters. The summed E-state index contributed by atoms with van der Waals surface area (Å²) in [7, 11) is 0. The van der Waals surface area contributed by atoms with Gasteiger partial charge in [0.1, 0.15) is 0 Å². The summed E-state index contributed by atoms with van der Waals surface area (Å²) in [6.07, 6.45) is 2.34. The molecule has 10 nitrogen and oxygen atoms in total. The number of rotatable bonds is 7. The van der Waals surface area contributed by atoms with Crippen LogP contribution < -0.4 is 38.1 Å². The second-order valence-corrected chi connectivity index (χ2v) is 10.4.